The minimum absolute atomic E-state index is 0.0808. The van der Waals surface area contributed by atoms with Gasteiger partial charge in [0, 0.05) is 47.9 Å². The van der Waals surface area contributed by atoms with Crippen molar-refractivity contribution in [2.75, 3.05) is 14.2 Å². The highest BCUT2D eigenvalue weighted by molar-refractivity contribution is 5.87. The van der Waals surface area contributed by atoms with Crippen LogP contribution in [0.2, 0.25) is 0 Å². The molecule has 3 heterocycles. The van der Waals surface area contributed by atoms with Gasteiger partial charge < -0.3 is 24.8 Å². The molecule has 1 amide bonds. The summed E-state index contributed by atoms with van der Waals surface area (Å²) in [6.07, 6.45) is 11.8. The van der Waals surface area contributed by atoms with Crippen molar-refractivity contribution in [2.24, 2.45) is 17.3 Å². The Labute approximate surface area is 249 Å². The number of aromatic nitrogens is 2. The van der Waals surface area contributed by atoms with Gasteiger partial charge in [-0.25, -0.2) is 14.8 Å². The lowest BCUT2D eigenvalue weighted by Crippen LogP contribution is -2.49. The van der Waals surface area contributed by atoms with Crippen LogP contribution in [0.5, 0.6) is 11.8 Å². The number of hydrogen-bond acceptors (Lipinski definition) is 7. The van der Waals surface area contributed by atoms with Gasteiger partial charge in [-0.3, -0.25) is 4.79 Å². The van der Waals surface area contributed by atoms with E-state index in [2.05, 4.69) is 42.1 Å². The second-order valence-electron chi connectivity index (χ2n) is 13.3. The molecular weight excluding hydrogens is 532 g/mol. The zero-order valence-electron chi connectivity index (χ0n) is 25.6. The summed E-state index contributed by atoms with van der Waals surface area (Å²) in [5.74, 6) is -0.176. The fraction of sp³-hybridized carbons (Fsp3) is 0.636. The van der Waals surface area contributed by atoms with Crippen molar-refractivity contribution in [2.45, 2.75) is 103 Å². The first-order valence-corrected chi connectivity index (χ1v) is 15.5. The third-order valence-electron chi connectivity index (χ3n) is 9.69. The van der Waals surface area contributed by atoms with Crippen LogP contribution in [-0.4, -0.2) is 58.2 Å². The summed E-state index contributed by atoms with van der Waals surface area (Å²) >= 11 is 0. The SMILES string of the molecule is COc1ncc(C2CCC2)cc1CN[C@H]1[C@H](C(C)(C)C)[C@@H](C(=O)O)N(C(=O)C2CCCCC2)[C@H]1c1cccnc1OC. The van der Waals surface area contributed by atoms with Gasteiger partial charge in [0.2, 0.25) is 17.7 Å². The summed E-state index contributed by atoms with van der Waals surface area (Å²) in [6.45, 7) is 6.61. The smallest absolute Gasteiger partial charge is 0.326 e. The predicted molar refractivity (Wildman–Crippen MR) is 159 cm³/mol. The second-order valence-corrected chi connectivity index (χ2v) is 13.3. The van der Waals surface area contributed by atoms with E-state index < -0.39 is 35.4 Å². The van der Waals surface area contributed by atoms with Crippen LogP contribution in [-0.2, 0) is 16.1 Å². The molecule has 5 rings (SSSR count). The average molecular weight is 579 g/mol. The molecule has 2 N–H and O–H groups in total. The molecular formula is C33H46N4O5. The Balaban J connectivity index is 1.60. The summed E-state index contributed by atoms with van der Waals surface area (Å²) in [5.41, 5.74) is 2.41. The minimum Gasteiger partial charge on any atom is -0.481 e. The molecule has 3 fully saturated rings. The number of carbonyl (C=O) groups is 2. The monoisotopic (exact) mass is 578 g/mol. The van der Waals surface area contributed by atoms with Crippen LogP contribution in [0, 0.1) is 17.3 Å². The molecule has 1 aliphatic heterocycles. The summed E-state index contributed by atoms with van der Waals surface area (Å²) < 4.78 is 11.3. The molecule has 3 aliphatic rings. The maximum atomic E-state index is 14.4. The first kappa shape index (κ1) is 30.3. The molecule has 4 atom stereocenters. The Kier molecular flexibility index (Phi) is 9.06. The van der Waals surface area contributed by atoms with E-state index in [9.17, 15) is 14.7 Å². The van der Waals surface area contributed by atoms with E-state index in [0.29, 0.717) is 29.8 Å². The van der Waals surface area contributed by atoms with E-state index in [4.69, 9.17) is 9.47 Å². The molecule has 228 valence electrons. The molecule has 9 heteroatoms. The Hall–Kier alpha value is -3.20. The molecule has 2 aromatic heterocycles. The number of aliphatic carboxylic acids is 1. The number of carboxylic acid groups (broad SMARTS) is 1. The zero-order valence-corrected chi connectivity index (χ0v) is 25.6. The summed E-state index contributed by atoms with van der Waals surface area (Å²) in [6, 6.07) is 3.93. The van der Waals surface area contributed by atoms with Crippen molar-refractivity contribution in [1.29, 1.82) is 0 Å². The van der Waals surface area contributed by atoms with Crippen molar-refractivity contribution < 1.29 is 24.2 Å². The molecule has 2 aromatic rings. The number of carboxylic acids is 1. The topological polar surface area (TPSA) is 114 Å². The van der Waals surface area contributed by atoms with Crippen molar-refractivity contribution >= 4 is 11.9 Å². The van der Waals surface area contributed by atoms with E-state index in [1.54, 1.807) is 25.3 Å². The van der Waals surface area contributed by atoms with Gasteiger partial charge in [0.05, 0.1) is 20.3 Å². The Morgan fingerprint density at radius 3 is 2.33 bits per heavy atom. The minimum atomic E-state index is -1.01. The van der Waals surface area contributed by atoms with Crippen LogP contribution < -0.4 is 14.8 Å². The summed E-state index contributed by atoms with van der Waals surface area (Å²) in [7, 11) is 3.19. The molecule has 1 saturated heterocycles. The van der Waals surface area contributed by atoms with E-state index in [1.807, 2.05) is 18.3 Å². The number of amides is 1. The lowest BCUT2D eigenvalue weighted by molar-refractivity contribution is -0.154. The number of hydrogen-bond donors (Lipinski definition) is 2. The summed E-state index contributed by atoms with van der Waals surface area (Å²) in [4.78, 5) is 38.3. The lowest BCUT2D eigenvalue weighted by Gasteiger charge is -2.36. The Bertz CT molecular complexity index is 1270. The fourth-order valence-electron chi connectivity index (χ4n) is 7.43. The van der Waals surface area contributed by atoms with Crippen LogP contribution in [0.4, 0.5) is 0 Å². The number of pyridine rings is 2. The third-order valence-corrected chi connectivity index (χ3v) is 9.69. The Morgan fingerprint density at radius 2 is 1.74 bits per heavy atom. The first-order chi connectivity index (χ1) is 20.2. The highest BCUT2D eigenvalue weighted by atomic mass is 16.5. The van der Waals surface area contributed by atoms with Gasteiger partial charge in [-0.05, 0) is 60.8 Å². The van der Waals surface area contributed by atoms with Gasteiger partial charge in [0.25, 0.3) is 0 Å². The van der Waals surface area contributed by atoms with E-state index in [1.165, 1.54) is 12.0 Å². The normalized spacial score (nSPS) is 25.2. The number of likely N-dealkylation sites (tertiary alicyclic amines) is 1. The summed E-state index contributed by atoms with van der Waals surface area (Å²) in [5, 5.41) is 14.5. The number of ether oxygens (including phenoxy) is 2. The second kappa shape index (κ2) is 12.6. The third kappa shape index (κ3) is 5.85. The van der Waals surface area contributed by atoms with Crippen molar-refractivity contribution in [3.8, 4) is 11.8 Å². The van der Waals surface area contributed by atoms with Gasteiger partial charge in [-0.2, -0.15) is 0 Å². The van der Waals surface area contributed by atoms with Crippen LogP contribution >= 0.6 is 0 Å². The molecule has 0 bridgehead atoms. The lowest BCUT2D eigenvalue weighted by atomic mass is 9.72. The van der Waals surface area contributed by atoms with Crippen LogP contribution in [0.1, 0.15) is 101 Å². The molecule has 0 radical (unpaired) electrons. The largest absolute Gasteiger partial charge is 0.481 e. The van der Waals surface area contributed by atoms with Crippen molar-refractivity contribution in [3.63, 3.8) is 0 Å². The maximum Gasteiger partial charge on any atom is 0.326 e. The van der Waals surface area contributed by atoms with E-state index in [0.717, 1.165) is 50.5 Å². The van der Waals surface area contributed by atoms with E-state index >= 15 is 0 Å². The number of rotatable bonds is 9. The van der Waals surface area contributed by atoms with Gasteiger partial charge >= 0.3 is 5.97 Å². The predicted octanol–water partition coefficient (Wildman–Crippen LogP) is 5.50. The highest BCUT2D eigenvalue weighted by Gasteiger charge is 2.59. The zero-order chi connectivity index (χ0) is 30.0. The van der Waals surface area contributed by atoms with Crippen LogP contribution in [0.3, 0.4) is 0 Å². The van der Waals surface area contributed by atoms with Gasteiger partial charge in [-0.15, -0.1) is 0 Å². The van der Waals surface area contributed by atoms with Crippen LogP contribution in [0.25, 0.3) is 0 Å². The van der Waals surface area contributed by atoms with Gasteiger partial charge in [0.15, 0.2) is 0 Å². The first-order valence-electron chi connectivity index (χ1n) is 15.5. The van der Waals surface area contributed by atoms with Crippen molar-refractivity contribution in [3.05, 3.63) is 47.3 Å². The highest BCUT2D eigenvalue weighted by Crippen LogP contribution is 2.50. The van der Waals surface area contributed by atoms with Crippen molar-refractivity contribution in [1.82, 2.24) is 20.2 Å². The van der Waals surface area contributed by atoms with Gasteiger partial charge in [-0.1, -0.05) is 46.5 Å². The molecule has 9 nitrogen and oxygen atoms in total. The number of methoxy groups -OCH3 is 2. The molecule has 42 heavy (non-hydrogen) atoms. The molecule has 0 unspecified atom stereocenters. The molecule has 2 saturated carbocycles. The quantitative estimate of drug-likeness (QED) is 0.401. The van der Waals surface area contributed by atoms with E-state index in [-0.39, 0.29) is 11.8 Å². The maximum absolute atomic E-state index is 14.4. The number of nitrogens with zero attached hydrogens (tertiary/aromatic N) is 3. The molecule has 0 aromatic carbocycles. The standard InChI is InChI=1S/C33H46N4O5/c1-33(2,3)25-26(35-19-23-17-22(20-13-9-14-20)18-36-29(23)41-4)27(24-15-10-16-34-30(24)42-5)37(28(25)32(39)40)31(38)21-11-7-6-8-12-21/h10,15-18,20-21,25-28,35H,6-9,11-14,19H2,1-5H3,(H,39,40)/t25-,26-,27-,28-/m0/s1. The molecule has 2 aliphatic carbocycles. The fourth-order valence-corrected chi connectivity index (χ4v) is 7.43. The van der Waals surface area contributed by atoms with Gasteiger partial charge in [0.1, 0.15) is 6.04 Å². The molecule has 0 spiro atoms. The Morgan fingerprint density at radius 1 is 1.02 bits per heavy atom. The number of nitrogens with one attached hydrogen (secondary N) is 1. The van der Waals surface area contributed by atoms with Crippen LogP contribution in [0.15, 0.2) is 30.6 Å². The average Bonchev–Trinajstić information content (AvgIpc) is 3.31. The number of carbonyl (C=O) groups excluding carboxylic acids is 1.